The number of nitrogens with one attached hydrogen (secondary N) is 1. The van der Waals surface area contributed by atoms with Crippen molar-refractivity contribution in [3.8, 4) is 0 Å². The van der Waals surface area contributed by atoms with Gasteiger partial charge in [-0.15, -0.1) is 11.6 Å². The molecule has 1 atom stereocenters. The SMILES string of the molecule is CC(CCl)C(=O)Nc1cc(F)ccc1Br. The molecule has 15 heavy (non-hydrogen) atoms. The van der Waals surface area contributed by atoms with Gasteiger partial charge in [0.15, 0.2) is 0 Å². The second-order valence-corrected chi connectivity index (χ2v) is 4.33. The van der Waals surface area contributed by atoms with Crippen molar-refractivity contribution in [2.24, 2.45) is 5.92 Å². The molecule has 0 fully saturated rings. The minimum Gasteiger partial charge on any atom is -0.325 e. The molecular formula is C10H10BrClFNO. The first kappa shape index (κ1) is 12.5. The number of benzene rings is 1. The average Bonchev–Trinajstić information content (AvgIpc) is 2.22. The van der Waals surface area contributed by atoms with E-state index in [2.05, 4.69) is 21.2 Å². The van der Waals surface area contributed by atoms with Gasteiger partial charge in [0.2, 0.25) is 5.91 Å². The summed E-state index contributed by atoms with van der Waals surface area (Å²) >= 11 is 8.75. The van der Waals surface area contributed by atoms with Crippen molar-refractivity contribution in [2.45, 2.75) is 6.92 Å². The number of alkyl halides is 1. The molecule has 0 spiro atoms. The van der Waals surface area contributed by atoms with E-state index in [1.165, 1.54) is 18.2 Å². The Morgan fingerprint density at radius 3 is 2.93 bits per heavy atom. The minimum absolute atomic E-state index is 0.226. The van der Waals surface area contributed by atoms with Crippen molar-refractivity contribution in [1.29, 1.82) is 0 Å². The van der Waals surface area contributed by atoms with Crippen molar-refractivity contribution < 1.29 is 9.18 Å². The van der Waals surface area contributed by atoms with E-state index in [0.29, 0.717) is 10.2 Å². The standard InChI is InChI=1S/C10H10BrClFNO/c1-6(5-12)10(15)14-9-4-7(13)2-3-8(9)11/h2-4,6H,5H2,1H3,(H,14,15). The summed E-state index contributed by atoms with van der Waals surface area (Å²) in [7, 11) is 0. The maximum atomic E-state index is 12.9. The number of carbonyl (C=O) groups excluding carboxylic acids is 1. The Hall–Kier alpha value is -0.610. The van der Waals surface area contributed by atoms with Crippen LogP contribution in [0.15, 0.2) is 22.7 Å². The Labute approximate surface area is 101 Å². The molecule has 1 rings (SSSR count). The number of carbonyl (C=O) groups is 1. The molecule has 0 saturated heterocycles. The number of hydrogen-bond acceptors (Lipinski definition) is 1. The fraction of sp³-hybridized carbons (Fsp3) is 0.300. The van der Waals surface area contributed by atoms with Crippen LogP contribution in [-0.2, 0) is 4.79 Å². The van der Waals surface area contributed by atoms with Crippen molar-refractivity contribution >= 4 is 39.1 Å². The van der Waals surface area contributed by atoms with Gasteiger partial charge in [-0.05, 0) is 34.1 Å². The molecule has 0 heterocycles. The van der Waals surface area contributed by atoms with Gasteiger partial charge in [-0.2, -0.15) is 0 Å². The Balaban J connectivity index is 2.80. The quantitative estimate of drug-likeness (QED) is 0.851. The third-order valence-electron chi connectivity index (χ3n) is 1.87. The van der Waals surface area contributed by atoms with E-state index >= 15 is 0 Å². The Kier molecular flexibility index (Phi) is 4.54. The largest absolute Gasteiger partial charge is 0.325 e. The number of amides is 1. The van der Waals surface area contributed by atoms with Crippen molar-refractivity contribution in [3.63, 3.8) is 0 Å². The molecular weight excluding hydrogens is 284 g/mol. The van der Waals surface area contributed by atoms with E-state index in [1.807, 2.05) is 0 Å². The van der Waals surface area contributed by atoms with Gasteiger partial charge in [0.05, 0.1) is 5.69 Å². The lowest BCUT2D eigenvalue weighted by Gasteiger charge is -2.10. The summed E-state index contributed by atoms with van der Waals surface area (Å²) in [6, 6.07) is 4.10. The monoisotopic (exact) mass is 293 g/mol. The lowest BCUT2D eigenvalue weighted by atomic mass is 10.2. The van der Waals surface area contributed by atoms with Crippen LogP contribution >= 0.6 is 27.5 Å². The van der Waals surface area contributed by atoms with E-state index in [4.69, 9.17) is 11.6 Å². The average molecular weight is 295 g/mol. The van der Waals surface area contributed by atoms with Gasteiger partial charge in [0.1, 0.15) is 5.82 Å². The van der Waals surface area contributed by atoms with Gasteiger partial charge in [-0.25, -0.2) is 4.39 Å². The predicted octanol–water partition coefficient (Wildman–Crippen LogP) is 3.40. The molecule has 5 heteroatoms. The normalized spacial score (nSPS) is 12.3. The minimum atomic E-state index is -0.396. The molecule has 0 aliphatic carbocycles. The Morgan fingerprint density at radius 2 is 2.33 bits per heavy atom. The van der Waals surface area contributed by atoms with E-state index in [0.717, 1.165) is 0 Å². The second kappa shape index (κ2) is 5.47. The van der Waals surface area contributed by atoms with Crippen molar-refractivity contribution in [1.82, 2.24) is 0 Å². The summed E-state index contributed by atoms with van der Waals surface area (Å²) in [4.78, 5) is 11.5. The topological polar surface area (TPSA) is 29.1 Å². The van der Waals surface area contributed by atoms with E-state index in [1.54, 1.807) is 6.92 Å². The first-order chi connectivity index (χ1) is 7.04. The lowest BCUT2D eigenvalue weighted by Crippen LogP contribution is -2.21. The van der Waals surface area contributed by atoms with Gasteiger partial charge in [0.25, 0.3) is 0 Å². The maximum absolute atomic E-state index is 12.9. The zero-order valence-electron chi connectivity index (χ0n) is 8.06. The molecule has 1 amide bonds. The van der Waals surface area contributed by atoms with Crippen molar-refractivity contribution in [3.05, 3.63) is 28.5 Å². The van der Waals surface area contributed by atoms with Gasteiger partial charge in [-0.3, -0.25) is 4.79 Å². The number of anilines is 1. The second-order valence-electron chi connectivity index (χ2n) is 3.17. The van der Waals surface area contributed by atoms with Gasteiger partial charge >= 0.3 is 0 Å². The van der Waals surface area contributed by atoms with Gasteiger partial charge in [-0.1, -0.05) is 6.92 Å². The van der Waals surface area contributed by atoms with Crippen LogP contribution in [0.2, 0.25) is 0 Å². The lowest BCUT2D eigenvalue weighted by molar-refractivity contribution is -0.118. The molecule has 0 bridgehead atoms. The molecule has 0 aliphatic rings. The molecule has 2 nitrogen and oxygen atoms in total. The maximum Gasteiger partial charge on any atom is 0.228 e. The smallest absolute Gasteiger partial charge is 0.228 e. The highest BCUT2D eigenvalue weighted by atomic mass is 79.9. The first-order valence-corrected chi connectivity index (χ1v) is 5.69. The van der Waals surface area contributed by atoms with Crippen LogP contribution < -0.4 is 5.32 Å². The molecule has 0 aliphatic heterocycles. The van der Waals surface area contributed by atoms with E-state index in [-0.39, 0.29) is 17.7 Å². The van der Waals surface area contributed by atoms with Crippen molar-refractivity contribution in [2.75, 3.05) is 11.2 Å². The highest BCUT2D eigenvalue weighted by Crippen LogP contribution is 2.23. The molecule has 0 radical (unpaired) electrons. The van der Waals surface area contributed by atoms with E-state index in [9.17, 15) is 9.18 Å². The van der Waals surface area contributed by atoms with E-state index < -0.39 is 5.82 Å². The van der Waals surface area contributed by atoms with Crippen LogP contribution in [0.25, 0.3) is 0 Å². The zero-order valence-corrected chi connectivity index (χ0v) is 10.4. The van der Waals surface area contributed by atoms with Crippen LogP contribution in [0.3, 0.4) is 0 Å². The molecule has 0 saturated carbocycles. The Morgan fingerprint density at radius 1 is 1.67 bits per heavy atom. The summed E-state index contributed by atoms with van der Waals surface area (Å²) in [5.41, 5.74) is 0.414. The summed E-state index contributed by atoms with van der Waals surface area (Å²) in [6.45, 7) is 1.70. The Bertz CT molecular complexity index is 372. The fourth-order valence-electron chi connectivity index (χ4n) is 0.919. The van der Waals surface area contributed by atoms with Gasteiger partial charge < -0.3 is 5.32 Å². The van der Waals surface area contributed by atoms with Crippen LogP contribution in [0, 0.1) is 11.7 Å². The van der Waals surface area contributed by atoms with Crippen LogP contribution in [-0.4, -0.2) is 11.8 Å². The molecule has 1 unspecified atom stereocenters. The number of rotatable bonds is 3. The van der Waals surface area contributed by atoms with Gasteiger partial charge in [0, 0.05) is 16.3 Å². The zero-order chi connectivity index (χ0) is 11.4. The van der Waals surface area contributed by atoms with Crippen LogP contribution in [0.4, 0.5) is 10.1 Å². The molecule has 82 valence electrons. The van der Waals surface area contributed by atoms with Crippen LogP contribution in [0.1, 0.15) is 6.92 Å². The number of halogens is 3. The highest BCUT2D eigenvalue weighted by Gasteiger charge is 2.13. The summed E-state index contributed by atoms with van der Waals surface area (Å²) in [6.07, 6.45) is 0. The summed E-state index contributed by atoms with van der Waals surface area (Å²) < 4.78 is 13.5. The molecule has 0 aromatic heterocycles. The third-order valence-corrected chi connectivity index (χ3v) is 3.02. The molecule has 1 aromatic carbocycles. The predicted molar refractivity (Wildman–Crippen MR) is 62.6 cm³/mol. The summed E-state index contributed by atoms with van der Waals surface area (Å²) in [5, 5.41) is 2.59. The fourth-order valence-corrected chi connectivity index (χ4v) is 1.41. The van der Waals surface area contributed by atoms with Crippen LogP contribution in [0.5, 0.6) is 0 Å². The molecule has 1 aromatic rings. The number of hydrogen-bond donors (Lipinski definition) is 1. The third kappa shape index (κ3) is 3.47. The first-order valence-electron chi connectivity index (χ1n) is 4.36. The molecule has 1 N–H and O–H groups in total. The highest BCUT2D eigenvalue weighted by molar-refractivity contribution is 9.10. The summed E-state index contributed by atoms with van der Waals surface area (Å²) in [5.74, 6) is -0.691.